The molecule has 1 rings (SSSR count). The van der Waals surface area contributed by atoms with Crippen LogP contribution in [0.4, 0.5) is 5.69 Å². The molecule has 0 heterocycles. The van der Waals surface area contributed by atoms with Gasteiger partial charge in [0.2, 0.25) is 10.8 Å². The number of nitrogens with one attached hydrogen (secondary N) is 2. The van der Waals surface area contributed by atoms with Crippen molar-refractivity contribution in [3.8, 4) is 17.2 Å². The van der Waals surface area contributed by atoms with Crippen molar-refractivity contribution in [2.24, 2.45) is 5.73 Å². The highest BCUT2D eigenvalue weighted by atomic mass is 16.7. The van der Waals surface area contributed by atoms with E-state index in [1.165, 1.54) is 21.3 Å². The van der Waals surface area contributed by atoms with E-state index in [9.17, 15) is 10.1 Å². The quantitative estimate of drug-likeness (QED) is 0.258. The minimum atomic E-state index is -0.777. The normalized spacial score (nSPS) is 10.8. The maximum atomic E-state index is 10.2. The van der Waals surface area contributed by atoms with E-state index in [1.807, 2.05) is 0 Å². The van der Waals surface area contributed by atoms with Gasteiger partial charge in [0.25, 0.3) is 0 Å². The average molecular weight is 271 g/mol. The minimum Gasteiger partial charge on any atom is -0.493 e. The van der Waals surface area contributed by atoms with Crippen molar-refractivity contribution in [3.63, 3.8) is 0 Å². The zero-order chi connectivity index (χ0) is 14.4. The third-order valence-corrected chi connectivity index (χ3v) is 2.16. The fourth-order valence-electron chi connectivity index (χ4n) is 1.44. The number of hydrogen-bond acceptors (Lipinski definition) is 5. The molecule has 0 spiro atoms. The lowest BCUT2D eigenvalue weighted by Crippen LogP contribution is -2.74. The summed E-state index contributed by atoms with van der Waals surface area (Å²) in [4.78, 5) is 12.8. The van der Waals surface area contributed by atoms with Crippen LogP contribution in [0, 0.1) is 10.1 Å². The minimum absolute atomic E-state index is 0.237. The molecule has 0 saturated heterocycles. The summed E-state index contributed by atoms with van der Waals surface area (Å²) in [5, 5.41) is 9.45. The number of benzene rings is 1. The molecular formula is C10H15N4O5+. The molecule has 19 heavy (non-hydrogen) atoms. The topological polar surface area (TPSA) is 123 Å². The molecule has 0 unspecified atom stereocenters. The SMILES string of the molecule is COc1cc([NH+]=C(N)N[N+](=O)[O-])cc(OC)c1OC. The number of nitrogens with two attached hydrogens (primary N) is 1. The third kappa shape index (κ3) is 3.63. The van der Waals surface area contributed by atoms with E-state index >= 15 is 0 Å². The maximum Gasteiger partial charge on any atom is 0.408 e. The Morgan fingerprint density at radius 2 is 1.79 bits per heavy atom. The second kappa shape index (κ2) is 6.28. The Labute approximate surface area is 109 Å². The van der Waals surface area contributed by atoms with Crippen LogP contribution in [0.2, 0.25) is 0 Å². The number of nitrogens with zero attached hydrogens (tertiary/aromatic N) is 1. The predicted octanol–water partition coefficient (Wildman–Crippen LogP) is -1.48. The largest absolute Gasteiger partial charge is 0.493 e. The molecule has 0 radical (unpaired) electrons. The number of guanidine groups is 1. The lowest BCUT2D eigenvalue weighted by molar-refractivity contribution is -0.536. The molecule has 0 bridgehead atoms. The van der Waals surface area contributed by atoms with Crippen LogP contribution in [0.25, 0.3) is 0 Å². The number of methoxy groups -OCH3 is 3. The lowest BCUT2D eigenvalue weighted by atomic mass is 10.2. The van der Waals surface area contributed by atoms with Gasteiger partial charge in [-0.2, -0.15) is 0 Å². The molecule has 0 aliphatic carbocycles. The zero-order valence-electron chi connectivity index (χ0n) is 10.7. The van der Waals surface area contributed by atoms with E-state index < -0.39 is 5.03 Å². The Morgan fingerprint density at radius 3 is 2.16 bits per heavy atom. The van der Waals surface area contributed by atoms with Crippen LogP contribution < -0.4 is 30.4 Å². The van der Waals surface area contributed by atoms with E-state index in [-0.39, 0.29) is 5.96 Å². The molecular weight excluding hydrogens is 256 g/mol. The average Bonchev–Trinajstić information content (AvgIpc) is 2.36. The van der Waals surface area contributed by atoms with Gasteiger partial charge in [0.1, 0.15) is 5.69 Å². The summed E-state index contributed by atoms with van der Waals surface area (Å²) >= 11 is 0. The van der Waals surface area contributed by atoms with Crippen LogP contribution >= 0.6 is 0 Å². The fraction of sp³-hybridized carbons (Fsp3) is 0.300. The highest BCUT2D eigenvalue weighted by molar-refractivity contribution is 5.71. The number of hydrogen-bond donors (Lipinski definition) is 3. The Hall–Kier alpha value is -2.71. The van der Waals surface area contributed by atoms with Crippen molar-refractivity contribution in [2.45, 2.75) is 0 Å². The molecule has 9 heteroatoms. The molecule has 0 aliphatic rings. The fourth-order valence-corrected chi connectivity index (χ4v) is 1.44. The second-order valence-electron chi connectivity index (χ2n) is 3.32. The summed E-state index contributed by atoms with van der Waals surface area (Å²) in [5.74, 6) is 0.979. The number of rotatable bonds is 5. The van der Waals surface area contributed by atoms with E-state index in [0.29, 0.717) is 22.9 Å². The molecule has 1 aromatic carbocycles. The smallest absolute Gasteiger partial charge is 0.408 e. The van der Waals surface area contributed by atoms with Gasteiger partial charge in [-0.3, -0.25) is 5.73 Å². The third-order valence-electron chi connectivity index (χ3n) is 2.16. The van der Waals surface area contributed by atoms with E-state index in [1.54, 1.807) is 17.6 Å². The van der Waals surface area contributed by atoms with Gasteiger partial charge in [-0.1, -0.05) is 0 Å². The number of hydrazine groups is 1. The Bertz CT molecular complexity index is 478. The molecule has 1 aromatic rings. The lowest BCUT2D eigenvalue weighted by Gasteiger charge is -2.12. The summed E-state index contributed by atoms with van der Waals surface area (Å²) in [7, 11) is 4.40. The zero-order valence-corrected chi connectivity index (χ0v) is 10.7. The van der Waals surface area contributed by atoms with Gasteiger partial charge >= 0.3 is 5.96 Å². The van der Waals surface area contributed by atoms with E-state index in [0.717, 1.165) is 0 Å². The van der Waals surface area contributed by atoms with Gasteiger partial charge < -0.3 is 14.2 Å². The molecule has 0 fully saturated rings. The monoisotopic (exact) mass is 271 g/mol. The molecule has 0 aromatic heterocycles. The predicted molar refractivity (Wildman–Crippen MR) is 66.0 cm³/mol. The van der Waals surface area contributed by atoms with E-state index in [4.69, 9.17) is 19.9 Å². The highest BCUT2D eigenvalue weighted by Crippen LogP contribution is 2.38. The first-order valence-electron chi connectivity index (χ1n) is 5.12. The van der Waals surface area contributed by atoms with Gasteiger partial charge in [-0.05, 0) is 0 Å². The van der Waals surface area contributed by atoms with Crippen LogP contribution in [0.5, 0.6) is 17.2 Å². The van der Waals surface area contributed by atoms with Gasteiger partial charge in [0.15, 0.2) is 11.5 Å². The first-order chi connectivity index (χ1) is 9.01. The molecule has 4 N–H and O–H groups in total. The standard InChI is InChI=1S/C10H14N4O5/c1-17-7-4-6(12-10(11)13-14(15)16)5-8(18-2)9(7)19-3/h4-5H,1-3H3,(H3,11,12,13)/p+1. The molecule has 0 atom stereocenters. The summed E-state index contributed by atoms with van der Waals surface area (Å²) in [5.41, 5.74) is 7.63. The van der Waals surface area contributed by atoms with Crippen LogP contribution in [0.15, 0.2) is 12.1 Å². The van der Waals surface area contributed by atoms with Crippen LogP contribution in [0.1, 0.15) is 0 Å². The van der Waals surface area contributed by atoms with Crippen molar-refractivity contribution in [1.29, 1.82) is 0 Å². The van der Waals surface area contributed by atoms with Crippen LogP contribution in [-0.2, 0) is 0 Å². The van der Waals surface area contributed by atoms with Crippen molar-refractivity contribution >= 4 is 11.6 Å². The van der Waals surface area contributed by atoms with Gasteiger partial charge in [0, 0.05) is 17.6 Å². The first kappa shape index (κ1) is 14.4. The molecule has 104 valence electrons. The molecule has 0 amide bonds. The molecule has 0 saturated carbocycles. The van der Waals surface area contributed by atoms with Crippen LogP contribution in [-0.4, -0.2) is 32.3 Å². The Kier molecular flexibility index (Phi) is 4.75. The van der Waals surface area contributed by atoms with Crippen LogP contribution in [0.3, 0.4) is 0 Å². The van der Waals surface area contributed by atoms with E-state index in [2.05, 4.69) is 4.99 Å². The first-order valence-corrected chi connectivity index (χ1v) is 5.12. The summed E-state index contributed by atoms with van der Waals surface area (Å²) in [6.07, 6.45) is 0. The summed E-state index contributed by atoms with van der Waals surface area (Å²) < 4.78 is 15.4. The Morgan fingerprint density at radius 1 is 1.26 bits per heavy atom. The Balaban J connectivity index is 3.19. The van der Waals surface area contributed by atoms with Crippen molar-refractivity contribution in [2.75, 3.05) is 21.3 Å². The van der Waals surface area contributed by atoms with Gasteiger partial charge in [-0.15, -0.1) is 0 Å². The summed E-state index contributed by atoms with van der Waals surface area (Å²) in [6.45, 7) is 0. The van der Waals surface area contributed by atoms with Gasteiger partial charge in [0.05, 0.1) is 21.3 Å². The number of nitro groups is 1. The van der Waals surface area contributed by atoms with Crippen molar-refractivity contribution in [3.05, 3.63) is 22.2 Å². The maximum absolute atomic E-state index is 10.2. The number of ether oxygens (including phenoxy) is 3. The van der Waals surface area contributed by atoms with Gasteiger partial charge in [-0.25, -0.2) is 15.1 Å². The molecule has 0 aliphatic heterocycles. The van der Waals surface area contributed by atoms with Crippen molar-refractivity contribution < 1.29 is 24.2 Å². The highest BCUT2D eigenvalue weighted by Gasteiger charge is 2.15. The second-order valence-corrected chi connectivity index (χ2v) is 3.32. The van der Waals surface area contributed by atoms with Crippen molar-refractivity contribution in [1.82, 2.24) is 5.43 Å². The molecule has 9 nitrogen and oxygen atoms in total. The summed E-state index contributed by atoms with van der Waals surface area (Å²) in [6, 6.07) is 3.13.